The van der Waals surface area contributed by atoms with Crippen molar-refractivity contribution < 1.29 is 0 Å². The van der Waals surface area contributed by atoms with Crippen LogP contribution in [-0.4, -0.2) is 28.6 Å². The van der Waals surface area contributed by atoms with Gasteiger partial charge in [0.15, 0.2) is 11.1 Å². The molecule has 18 heavy (non-hydrogen) atoms. The molecular weight excluding hydrogens is 246 g/mol. The summed E-state index contributed by atoms with van der Waals surface area (Å²) in [4.78, 5) is 8.35. The van der Waals surface area contributed by atoms with E-state index in [1.807, 2.05) is 32.0 Å². The lowest BCUT2D eigenvalue weighted by Gasteiger charge is -2.10. The average Bonchev–Trinajstić information content (AvgIpc) is 2.29. The Kier molecular flexibility index (Phi) is 6.07. The molecule has 0 spiro atoms. The number of hydrogen-bond donors (Lipinski definition) is 3. The van der Waals surface area contributed by atoms with Crippen molar-refractivity contribution in [3.05, 3.63) is 30.1 Å². The summed E-state index contributed by atoms with van der Waals surface area (Å²) in [5.41, 5.74) is 6.68. The standard InChI is InChI=1S/C12H19N5S/c1-9(2)16-11(13)17-12(18)15-8-6-10-5-3-4-7-14-10/h3-5,7,9H,6,8H2,1-2H3,(H4,13,15,16,17,18). The number of nitrogens with one attached hydrogen (secondary N) is 2. The van der Waals surface area contributed by atoms with Crippen LogP contribution in [-0.2, 0) is 6.42 Å². The molecule has 6 heteroatoms. The molecule has 4 N–H and O–H groups in total. The maximum atomic E-state index is 5.66. The van der Waals surface area contributed by atoms with E-state index < -0.39 is 0 Å². The van der Waals surface area contributed by atoms with E-state index in [2.05, 4.69) is 20.6 Å². The Labute approximate surface area is 113 Å². The Hall–Kier alpha value is -1.69. The van der Waals surface area contributed by atoms with Crippen molar-refractivity contribution in [3.8, 4) is 0 Å². The van der Waals surface area contributed by atoms with E-state index in [9.17, 15) is 0 Å². The van der Waals surface area contributed by atoms with Gasteiger partial charge in [-0.3, -0.25) is 9.98 Å². The minimum absolute atomic E-state index is 0.147. The number of nitrogens with two attached hydrogens (primary N) is 1. The molecule has 0 aromatic carbocycles. The number of thiocarbonyl (C=S) groups is 1. The molecule has 5 nitrogen and oxygen atoms in total. The van der Waals surface area contributed by atoms with Crippen LogP contribution in [0.2, 0.25) is 0 Å². The fourth-order valence-corrected chi connectivity index (χ4v) is 1.53. The van der Waals surface area contributed by atoms with Gasteiger partial charge in [-0.15, -0.1) is 0 Å². The maximum absolute atomic E-state index is 5.66. The highest BCUT2D eigenvalue weighted by atomic mass is 32.1. The van der Waals surface area contributed by atoms with Crippen LogP contribution in [0.1, 0.15) is 19.5 Å². The zero-order valence-electron chi connectivity index (χ0n) is 10.7. The van der Waals surface area contributed by atoms with Crippen molar-refractivity contribution in [1.82, 2.24) is 15.6 Å². The van der Waals surface area contributed by atoms with Crippen LogP contribution in [0, 0.1) is 0 Å². The quantitative estimate of drug-likeness (QED) is 0.427. The predicted molar refractivity (Wildman–Crippen MR) is 78.4 cm³/mol. The Morgan fingerprint density at radius 3 is 2.89 bits per heavy atom. The third kappa shape index (κ3) is 6.15. The van der Waals surface area contributed by atoms with Crippen molar-refractivity contribution in [2.75, 3.05) is 6.54 Å². The molecule has 1 aromatic heterocycles. The van der Waals surface area contributed by atoms with Gasteiger partial charge in [0.1, 0.15) is 0 Å². The van der Waals surface area contributed by atoms with Crippen molar-refractivity contribution in [2.45, 2.75) is 26.3 Å². The Balaban J connectivity index is 2.26. The van der Waals surface area contributed by atoms with Gasteiger partial charge in [-0.1, -0.05) is 6.07 Å². The molecule has 0 bridgehead atoms. The van der Waals surface area contributed by atoms with Crippen molar-refractivity contribution >= 4 is 23.3 Å². The van der Waals surface area contributed by atoms with Crippen LogP contribution in [0.3, 0.4) is 0 Å². The van der Waals surface area contributed by atoms with Crippen LogP contribution in [0.25, 0.3) is 0 Å². The van der Waals surface area contributed by atoms with Gasteiger partial charge < -0.3 is 16.4 Å². The highest BCUT2D eigenvalue weighted by Gasteiger charge is 1.99. The van der Waals surface area contributed by atoms with Gasteiger partial charge in [0.05, 0.1) is 0 Å². The first-order valence-corrected chi connectivity index (χ1v) is 6.27. The van der Waals surface area contributed by atoms with E-state index in [1.54, 1.807) is 6.20 Å². The molecule has 0 aliphatic heterocycles. The zero-order chi connectivity index (χ0) is 13.4. The molecule has 0 saturated carbocycles. The van der Waals surface area contributed by atoms with Crippen LogP contribution in [0.5, 0.6) is 0 Å². The fraction of sp³-hybridized carbons (Fsp3) is 0.417. The summed E-state index contributed by atoms with van der Waals surface area (Å²) in [6.45, 7) is 4.61. The first-order valence-electron chi connectivity index (χ1n) is 5.86. The summed E-state index contributed by atoms with van der Waals surface area (Å²) >= 11 is 5.10. The lowest BCUT2D eigenvalue weighted by atomic mass is 10.3. The van der Waals surface area contributed by atoms with Crippen molar-refractivity contribution in [1.29, 1.82) is 0 Å². The molecule has 1 heterocycles. The Morgan fingerprint density at radius 2 is 2.28 bits per heavy atom. The summed E-state index contributed by atoms with van der Waals surface area (Å²) < 4.78 is 0. The lowest BCUT2D eigenvalue weighted by Crippen LogP contribution is -2.44. The fourth-order valence-electron chi connectivity index (χ4n) is 1.32. The molecule has 0 saturated heterocycles. The minimum Gasteiger partial charge on any atom is -0.370 e. The predicted octanol–water partition coefficient (Wildman–Crippen LogP) is 0.811. The van der Waals surface area contributed by atoms with Crippen LogP contribution in [0.15, 0.2) is 29.4 Å². The molecular formula is C12H19N5S. The summed E-state index contributed by atoms with van der Waals surface area (Å²) in [7, 11) is 0. The number of aliphatic imine (C=N–C) groups is 1. The number of rotatable bonds is 4. The molecule has 0 radical (unpaired) electrons. The average molecular weight is 265 g/mol. The zero-order valence-corrected chi connectivity index (χ0v) is 11.5. The second kappa shape index (κ2) is 7.60. The summed E-state index contributed by atoms with van der Waals surface area (Å²) in [5.74, 6) is 0.334. The second-order valence-corrected chi connectivity index (χ2v) is 4.47. The monoisotopic (exact) mass is 265 g/mol. The molecule has 98 valence electrons. The van der Waals surface area contributed by atoms with E-state index in [1.165, 1.54) is 0 Å². The largest absolute Gasteiger partial charge is 0.370 e. The van der Waals surface area contributed by atoms with Crippen molar-refractivity contribution in [2.24, 2.45) is 10.7 Å². The molecule has 0 aliphatic rings. The number of hydrogen-bond acceptors (Lipinski definition) is 3. The van der Waals surface area contributed by atoms with E-state index >= 15 is 0 Å². The van der Waals surface area contributed by atoms with Crippen LogP contribution in [0.4, 0.5) is 0 Å². The highest BCUT2D eigenvalue weighted by Crippen LogP contribution is 1.92. The number of aromatic nitrogens is 1. The summed E-state index contributed by atoms with van der Waals surface area (Å²) in [6.07, 6.45) is 2.59. The highest BCUT2D eigenvalue weighted by molar-refractivity contribution is 7.80. The van der Waals surface area contributed by atoms with Gasteiger partial charge in [-0.25, -0.2) is 0 Å². The number of guanidine groups is 1. The third-order valence-electron chi connectivity index (χ3n) is 2.03. The van der Waals surface area contributed by atoms with Gasteiger partial charge in [0, 0.05) is 30.9 Å². The van der Waals surface area contributed by atoms with E-state index in [4.69, 9.17) is 18.0 Å². The summed E-state index contributed by atoms with van der Waals surface area (Å²) in [6, 6.07) is 5.99. The van der Waals surface area contributed by atoms with Crippen LogP contribution < -0.4 is 16.4 Å². The Bertz CT molecular complexity index is 402. The van der Waals surface area contributed by atoms with E-state index in [0.29, 0.717) is 17.6 Å². The molecule has 0 atom stereocenters. The molecule has 0 fully saturated rings. The SMILES string of the molecule is CC(C)N=C(N)NC(=S)NCCc1ccccn1. The lowest BCUT2D eigenvalue weighted by molar-refractivity contribution is 0.818. The second-order valence-electron chi connectivity index (χ2n) is 4.06. The summed E-state index contributed by atoms with van der Waals surface area (Å²) in [5, 5.41) is 6.36. The number of nitrogens with zero attached hydrogens (tertiary/aromatic N) is 2. The first kappa shape index (κ1) is 14.4. The minimum atomic E-state index is 0.147. The van der Waals surface area contributed by atoms with Gasteiger partial charge in [-0.05, 0) is 38.2 Å². The maximum Gasteiger partial charge on any atom is 0.195 e. The van der Waals surface area contributed by atoms with Gasteiger partial charge in [-0.2, -0.15) is 0 Å². The van der Waals surface area contributed by atoms with Gasteiger partial charge in [0.2, 0.25) is 0 Å². The molecule has 0 unspecified atom stereocenters. The molecule has 1 rings (SSSR count). The molecule has 1 aromatic rings. The third-order valence-corrected chi connectivity index (χ3v) is 2.28. The van der Waals surface area contributed by atoms with Crippen molar-refractivity contribution in [3.63, 3.8) is 0 Å². The normalized spacial score (nSPS) is 11.4. The smallest absolute Gasteiger partial charge is 0.195 e. The van der Waals surface area contributed by atoms with Gasteiger partial charge >= 0.3 is 0 Å². The number of pyridine rings is 1. The van der Waals surface area contributed by atoms with Gasteiger partial charge in [0.25, 0.3) is 0 Å². The van der Waals surface area contributed by atoms with E-state index in [0.717, 1.165) is 12.1 Å². The molecule has 0 aliphatic carbocycles. The van der Waals surface area contributed by atoms with Crippen LogP contribution >= 0.6 is 12.2 Å². The Morgan fingerprint density at radius 1 is 1.50 bits per heavy atom. The van der Waals surface area contributed by atoms with E-state index in [-0.39, 0.29) is 6.04 Å². The first-order chi connectivity index (χ1) is 8.58. The molecule has 0 amide bonds. The topological polar surface area (TPSA) is 75.3 Å².